The van der Waals surface area contributed by atoms with Gasteiger partial charge in [-0.3, -0.25) is 12.2 Å². The van der Waals surface area contributed by atoms with Crippen molar-refractivity contribution in [1.82, 2.24) is 0 Å². The molecule has 0 saturated heterocycles. The molecule has 0 spiro atoms. The van der Waals surface area contributed by atoms with Crippen LogP contribution >= 0.6 is 0 Å². The van der Waals surface area contributed by atoms with Crippen LogP contribution in [0.15, 0.2) is 34.4 Å². The van der Waals surface area contributed by atoms with Crippen LogP contribution in [0.4, 0.5) is 26.3 Å². The summed E-state index contributed by atoms with van der Waals surface area (Å²) in [5.74, 6) is 0. The number of halogens is 6. The molecule has 0 saturated carbocycles. The normalized spacial score (nSPS) is 15.4. The molecule has 0 amide bonds. The number of alkyl halides is 6. The van der Waals surface area contributed by atoms with Gasteiger partial charge in [0.25, 0.3) is 0 Å². The predicted octanol–water partition coefficient (Wildman–Crippen LogP) is 5.83. The zero-order chi connectivity index (χ0) is 27.4. The topological polar surface area (TPSA) is 114 Å². The molecule has 0 aromatic heterocycles. The van der Waals surface area contributed by atoms with Gasteiger partial charge in [-0.25, -0.2) is 39.1 Å². The largest absolute Gasteiger partial charge is 4.00 e. The van der Waals surface area contributed by atoms with E-state index < -0.39 is 31.3 Å². The molecule has 2 aliphatic carbocycles. The predicted molar refractivity (Wildman–Crippen MR) is 112 cm³/mol. The second kappa shape index (κ2) is 16.9. The van der Waals surface area contributed by atoms with Crippen LogP contribution in [0.25, 0.3) is 0 Å². The molecule has 0 aromatic rings. The van der Waals surface area contributed by atoms with E-state index in [0.29, 0.717) is 0 Å². The Morgan fingerprint density at radius 2 is 0.971 bits per heavy atom. The van der Waals surface area contributed by atoms with Gasteiger partial charge in [0.1, 0.15) is 0 Å². The van der Waals surface area contributed by atoms with Crippen molar-refractivity contribution >= 4 is 20.2 Å². The molecule has 0 aliphatic heterocycles. The first-order valence-corrected chi connectivity index (χ1v) is 12.6. The standard InChI is InChI=1S/2C9H13.2CHF3O3S.Zr/c2*1-3-5-9-7-4-6-8(9)2;2*2-1(3,4)8(5,6)7;/h2*6H,3-5H2,1-2H3;2*(H,5,6,7);/q2*-1;;;+4/p-2. The van der Waals surface area contributed by atoms with Crippen LogP contribution < -0.4 is 0 Å². The molecule has 0 bridgehead atoms. The van der Waals surface area contributed by atoms with E-state index >= 15 is 0 Å². The maximum atomic E-state index is 10.7. The first-order chi connectivity index (χ1) is 15.2. The van der Waals surface area contributed by atoms with E-state index in [2.05, 4.69) is 52.0 Å². The summed E-state index contributed by atoms with van der Waals surface area (Å²) in [5, 5.41) is 0. The molecule has 6 nitrogen and oxygen atoms in total. The zero-order valence-corrected chi connectivity index (χ0v) is 23.5. The quantitative estimate of drug-likeness (QED) is 0.167. The minimum Gasteiger partial charge on any atom is -0.741 e. The van der Waals surface area contributed by atoms with Gasteiger partial charge in [-0.1, -0.05) is 39.5 Å². The molecule has 2 aliphatic rings. The van der Waals surface area contributed by atoms with Crippen molar-refractivity contribution in [3.05, 3.63) is 46.6 Å². The van der Waals surface area contributed by atoms with Crippen LogP contribution in [0.2, 0.25) is 0 Å². The van der Waals surface area contributed by atoms with Crippen molar-refractivity contribution in [2.75, 3.05) is 0 Å². The van der Waals surface area contributed by atoms with Gasteiger partial charge in [-0.05, 0) is 0 Å². The average molecular weight is 632 g/mol. The summed E-state index contributed by atoms with van der Waals surface area (Å²) in [4.78, 5) is 0. The maximum absolute atomic E-state index is 10.7. The molecule has 2 rings (SSSR count). The third-order valence-corrected chi connectivity index (χ3v) is 5.10. The van der Waals surface area contributed by atoms with Crippen molar-refractivity contribution in [3.8, 4) is 0 Å². The monoisotopic (exact) mass is 630 g/mol. The Bertz CT molecular complexity index is 897. The Balaban J connectivity index is -0.000000387. The van der Waals surface area contributed by atoms with Crippen LogP contribution in [0.1, 0.15) is 66.2 Å². The summed E-state index contributed by atoms with van der Waals surface area (Å²) in [5.41, 5.74) is -5.52. The summed E-state index contributed by atoms with van der Waals surface area (Å²) in [6.07, 6.45) is 18.1. The fourth-order valence-electron chi connectivity index (χ4n) is 2.25. The van der Waals surface area contributed by atoms with E-state index in [0.717, 1.165) is 12.8 Å². The molecule has 0 N–H and O–H groups in total. The Hall–Kier alpha value is -0.757. The minimum atomic E-state index is -6.09. The number of allylic oxidation sites excluding steroid dienone is 8. The van der Waals surface area contributed by atoms with Crippen molar-refractivity contribution in [2.24, 2.45) is 0 Å². The molecule has 0 atom stereocenters. The molecule has 200 valence electrons. The average Bonchev–Trinajstić information content (AvgIpc) is 3.23. The van der Waals surface area contributed by atoms with Crippen LogP contribution in [0.5, 0.6) is 0 Å². The summed E-state index contributed by atoms with van der Waals surface area (Å²) >= 11 is 0. The first-order valence-electron chi connectivity index (χ1n) is 9.76. The van der Waals surface area contributed by atoms with E-state index in [-0.39, 0.29) is 26.2 Å². The van der Waals surface area contributed by atoms with Crippen LogP contribution in [0, 0.1) is 12.2 Å². The van der Waals surface area contributed by atoms with Gasteiger partial charge in [0.05, 0.1) is 0 Å². The van der Waals surface area contributed by atoms with Gasteiger partial charge in [0, 0.05) is 0 Å². The Morgan fingerprint density at radius 3 is 1.09 bits per heavy atom. The zero-order valence-electron chi connectivity index (χ0n) is 19.4. The van der Waals surface area contributed by atoms with Crippen molar-refractivity contribution in [1.29, 1.82) is 0 Å². The first kappa shape index (κ1) is 38.8. The molecule has 15 heteroatoms. The fourth-order valence-corrected chi connectivity index (χ4v) is 2.25. The molecule has 0 aromatic carbocycles. The summed E-state index contributed by atoms with van der Waals surface area (Å²) in [6.45, 7) is 8.76. The second-order valence-electron chi connectivity index (χ2n) is 6.79. The van der Waals surface area contributed by atoms with Crippen molar-refractivity contribution < 1.29 is 78.5 Å². The Labute approximate surface area is 221 Å². The molecule has 35 heavy (non-hydrogen) atoms. The Morgan fingerprint density at radius 1 is 0.743 bits per heavy atom. The van der Waals surface area contributed by atoms with Gasteiger partial charge in [0.15, 0.2) is 20.2 Å². The van der Waals surface area contributed by atoms with Crippen LogP contribution in [-0.4, -0.2) is 37.0 Å². The third-order valence-electron chi connectivity index (χ3n) is 3.97. The molecule has 0 heterocycles. The van der Waals surface area contributed by atoms with Crippen LogP contribution in [-0.2, 0) is 46.4 Å². The van der Waals surface area contributed by atoms with Crippen LogP contribution in [0.3, 0.4) is 0 Å². The molecular weight excluding hydrogens is 606 g/mol. The second-order valence-corrected chi connectivity index (χ2v) is 9.54. The van der Waals surface area contributed by atoms with E-state index in [1.807, 2.05) is 0 Å². The van der Waals surface area contributed by atoms with Gasteiger partial charge in [0.2, 0.25) is 0 Å². The van der Waals surface area contributed by atoms with E-state index in [4.69, 9.17) is 25.9 Å². The van der Waals surface area contributed by atoms with E-state index in [1.165, 1.54) is 48.0 Å². The molecule has 0 radical (unpaired) electrons. The molecule has 0 unspecified atom stereocenters. The summed E-state index contributed by atoms with van der Waals surface area (Å²) in [7, 11) is -12.2. The van der Waals surface area contributed by atoms with Gasteiger partial charge in [-0.2, -0.15) is 38.5 Å². The number of hydrogen-bond donors (Lipinski definition) is 0. The molecule has 0 fully saturated rings. The smallest absolute Gasteiger partial charge is 0.741 e. The van der Waals surface area contributed by atoms with E-state index in [9.17, 15) is 26.3 Å². The minimum absolute atomic E-state index is 0. The molecular formula is C20H26F6O6S2Zr. The summed E-state index contributed by atoms with van der Waals surface area (Å²) < 4.78 is 118. The van der Waals surface area contributed by atoms with Crippen molar-refractivity contribution in [2.45, 2.75) is 77.2 Å². The number of rotatable bonds is 4. The summed E-state index contributed by atoms with van der Waals surface area (Å²) in [6, 6.07) is 0. The van der Waals surface area contributed by atoms with Gasteiger partial charge in [-0.15, -0.1) is 26.7 Å². The SMILES string of the molecule is CCCC1=[C-]CC=C1C.CCCC1=[C-]CC=C1C.O=S(=O)([O-])C(F)(F)F.O=S(=O)([O-])C(F)(F)F.[Zr+4]. The number of hydrogen-bond acceptors (Lipinski definition) is 6. The van der Waals surface area contributed by atoms with E-state index in [1.54, 1.807) is 0 Å². The third kappa shape index (κ3) is 17.4. The van der Waals surface area contributed by atoms with Gasteiger partial charge >= 0.3 is 37.2 Å². The maximum Gasteiger partial charge on any atom is 4.00 e. The Kier molecular flexibility index (Phi) is 18.7. The fraction of sp³-hybridized carbons (Fsp3) is 0.600. The van der Waals surface area contributed by atoms with Gasteiger partial charge < -0.3 is 9.11 Å². The van der Waals surface area contributed by atoms with Crippen molar-refractivity contribution in [3.63, 3.8) is 0 Å².